The standard InChI is InChI=1S/C30H24O/c1-30-25-14-8-7-13-23(25)28(24-17-18(31-2)15-16-26(24)30)27-19-9-3-5-11-21(19)29(30)22-12-6-4-10-20(22)27/h3-17,27-29H,1-2H3. The van der Waals surface area contributed by atoms with E-state index in [9.17, 15) is 0 Å². The molecule has 0 fully saturated rings. The zero-order chi connectivity index (χ0) is 20.7. The predicted molar refractivity (Wildman–Crippen MR) is 124 cm³/mol. The molecule has 0 heterocycles. The normalized spacial score (nSPS) is 26.2. The summed E-state index contributed by atoms with van der Waals surface area (Å²) < 4.78 is 5.70. The smallest absolute Gasteiger partial charge is 0.119 e. The molecule has 4 aromatic rings. The van der Waals surface area contributed by atoms with E-state index in [2.05, 4.69) is 97.9 Å². The summed E-state index contributed by atoms with van der Waals surface area (Å²) in [5.74, 6) is 1.81. The van der Waals surface area contributed by atoms with Crippen molar-refractivity contribution in [3.8, 4) is 5.75 Å². The molecule has 6 aliphatic rings. The number of rotatable bonds is 1. The number of ether oxygens (including phenoxy) is 1. The summed E-state index contributed by atoms with van der Waals surface area (Å²) in [5.41, 5.74) is 11.7. The molecule has 0 aliphatic heterocycles. The van der Waals surface area contributed by atoms with Crippen LogP contribution in [0.15, 0.2) is 91.0 Å². The zero-order valence-electron chi connectivity index (χ0n) is 17.8. The van der Waals surface area contributed by atoms with Gasteiger partial charge >= 0.3 is 0 Å². The Bertz CT molecular complexity index is 1320. The van der Waals surface area contributed by atoms with E-state index < -0.39 is 0 Å². The van der Waals surface area contributed by atoms with Crippen molar-refractivity contribution in [1.82, 2.24) is 0 Å². The second kappa shape index (κ2) is 5.88. The molecular weight excluding hydrogens is 376 g/mol. The highest BCUT2D eigenvalue weighted by Gasteiger charge is 2.55. The van der Waals surface area contributed by atoms with E-state index in [4.69, 9.17) is 4.74 Å². The van der Waals surface area contributed by atoms with E-state index in [1.165, 1.54) is 44.5 Å². The Hall–Kier alpha value is -3.32. The fourth-order valence-electron chi connectivity index (χ4n) is 7.05. The van der Waals surface area contributed by atoms with Crippen LogP contribution >= 0.6 is 0 Å². The Balaban J connectivity index is 1.70. The lowest BCUT2D eigenvalue weighted by Crippen LogP contribution is -2.45. The first-order chi connectivity index (χ1) is 15.2. The average molecular weight is 401 g/mol. The van der Waals surface area contributed by atoms with E-state index in [1.54, 1.807) is 7.11 Å². The topological polar surface area (TPSA) is 9.23 Å². The van der Waals surface area contributed by atoms with Crippen molar-refractivity contribution in [2.45, 2.75) is 30.1 Å². The molecule has 1 nitrogen and oxygen atoms in total. The molecule has 2 unspecified atom stereocenters. The fourth-order valence-corrected chi connectivity index (χ4v) is 7.05. The van der Waals surface area contributed by atoms with E-state index >= 15 is 0 Å². The number of hydrogen-bond donors (Lipinski definition) is 0. The lowest BCUT2D eigenvalue weighted by atomic mass is 9.47. The Morgan fingerprint density at radius 1 is 0.581 bits per heavy atom. The molecule has 0 aromatic heterocycles. The molecule has 31 heavy (non-hydrogen) atoms. The van der Waals surface area contributed by atoms with E-state index in [1.807, 2.05) is 0 Å². The van der Waals surface area contributed by atoms with E-state index in [-0.39, 0.29) is 17.3 Å². The minimum Gasteiger partial charge on any atom is -0.497 e. The van der Waals surface area contributed by atoms with Crippen LogP contribution in [-0.4, -0.2) is 7.11 Å². The molecule has 0 saturated carbocycles. The first-order valence-electron chi connectivity index (χ1n) is 11.2. The third-order valence-electron chi connectivity index (χ3n) is 8.20. The van der Waals surface area contributed by atoms with Crippen molar-refractivity contribution >= 4 is 0 Å². The molecular formula is C30H24O. The van der Waals surface area contributed by atoms with Gasteiger partial charge in [-0.3, -0.25) is 0 Å². The number of hydrogen-bond acceptors (Lipinski definition) is 1. The van der Waals surface area contributed by atoms with Crippen LogP contribution in [0.5, 0.6) is 5.75 Å². The molecule has 150 valence electrons. The Labute approximate surface area is 183 Å². The summed E-state index contributed by atoms with van der Waals surface area (Å²) in [5, 5.41) is 0. The zero-order valence-corrected chi connectivity index (χ0v) is 17.8. The maximum absolute atomic E-state index is 5.70. The summed E-state index contributed by atoms with van der Waals surface area (Å²) in [4.78, 5) is 0. The van der Waals surface area contributed by atoms with Crippen molar-refractivity contribution in [1.29, 1.82) is 0 Å². The molecule has 0 radical (unpaired) electrons. The highest BCUT2D eigenvalue weighted by atomic mass is 16.5. The number of methoxy groups -OCH3 is 1. The van der Waals surface area contributed by atoms with Gasteiger partial charge in [-0.15, -0.1) is 0 Å². The average Bonchev–Trinajstić information content (AvgIpc) is 2.82. The molecule has 0 N–H and O–H groups in total. The Morgan fingerprint density at radius 2 is 1.10 bits per heavy atom. The van der Waals surface area contributed by atoms with Crippen molar-refractivity contribution in [3.63, 3.8) is 0 Å². The molecule has 2 atom stereocenters. The van der Waals surface area contributed by atoms with Gasteiger partial charge in [-0.05, 0) is 56.6 Å². The highest BCUT2D eigenvalue weighted by molar-refractivity contribution is 5.70. The van der Waals surface area contributed by atoms with Crippen LogP contribution in [0.1, 0.15) is 69.2 Å². The van der Waals surface area contributed by atoms with Crippen LogP contribution < -0.4 is 4.74 Å². The lowest BCUT2D eigenvalue weighted by Gasteiger charge is -2.55. The quantitative estimate of drug-likeness (QED) is 0.344. The van der Waals surface area contributed by atoms with Gasteiger partial charge in [0.05, 0.1) is 7.11 Å². The van der Waals surface area contributed by atoms with Crippen LogP contribution in [0.3, 0.4) is 0 Å². The van der Waals surface area contributed by atoms with E-state index in [0.29, 0.717) is 5.92 Å². The summed E-state index contributed by atoms with van der Waals surface area (Å²) >= 11 is 0. The van der Waals surface area contributed by atoms with Gasteiger partial charge in [-0.2, -0.15) is 0 Å². The van der Waals surface area contributed by atoms with Crippen LogP contribution in [-0.2, 0) is 5.41 Å². The minimum absolute atomic E-state index is 0.147. The van der Waals surface area contributed by atoms with Gasteiger partial charge in [0.15, 0.2) is 0 Å². The first-order valence-corrected chi connectivity index (χ1v) is 11.2. The van der Waals surface area contributed by atoms with Gasteiger partial charge in [0.2, 0.25) is 0 Å². The molecule has 4 aromatic carbocycles. The SMILES string of the molecule is COc1ccc2c(c1)C1c3ccccc3C2(C)C2c3ccccc3C1c1ccccc12. The largest absolute Gasteiger partial charge is 0.497 e. The monoisotopic (exact) mass is 400 g/mol. The van der Waals surface area contributed by atoms with Crippen LogP contribution in [0.2, 0.25) is 0 Å². The molecule has 0 amide bonds. The maximum Gasteiger partial charge on any atom is 0.119 e. The molecule has 10 rings (SSSR count). The number of benzene rings is 4. The minimum atomic E-state index is -0.147. The van der Waals surface area contributed by atoms with Crippen LogP contribution in [0.4, 0.5) is 0 Å². The van der Waals surface area contributed by atoms with Crippen LogP contribution in [0, 0.1) is 0 Å². The fraction of sp³-hybridized carbons (Fsp3) is 0.200. The van der Waals surface area contributed by atoms with Crippen molar-refractivity contribution < 1.29 is 4.74 Å². The maximum atomic E-state index is 5.70. The van der Waals surface area contributed by atoms with Crippen LogP contribution in [0.25, 0.3) is 0 Å². The van der Waals surface area contributed by atoms with Crippen molar-refractivity contribution in [3.05, 3.63) is 136 Å². The van der Waals surface area contributed by atoms with Gasteiger partial charge in [-0.25, -0.2) is 0 Å². The molecule has 6 aliphatic carbocycles. The summed E-state index contributed by atoms with van der Waals surface area (Å²) in [6.45, 7) is 2.47. The third-order valence-corrected chi connectivity index (χ3v) is 8.20. The van der Waals surface area contributed by atoms with Gasteiger partial charge in [-0.1, -0.05) is 85.8 Å². The second-order valence-electron chi connectivity index (χ2n) is 9.39. The van der Waals surface area contributed by atoms with Crippen molar-refractivity contribution in [2.75, 3.05) is 7.11 Å². The van der Waals surface area contributed by atoms with Gasteiger partial charge in [0.25, 0.3) is 0 Å². The van der Waals surface area contributed by atoms with Gasteiger partial charge < -0.3 is 4.74 Å². The highest BCUT2D eigenvalue weighted by Crippen LogP contribution is 2.66. The Morgan fingerprint density at radius 3 is 1.74 bits per heavy atom. The van der Waals surface area contributed by atoms with Gasteiger partial charge in [0.1, 0.15) is 5.75 Å². The molecule has 0 saturated heterocycles. The third kappa shape index (κ3) is 1.98. The first kappa shape index (κ1) is 17.4. The Kier molecular flexibility index (Phi) is 3.30. The molecule has 1 heteroatoms. The summed E-state index contributed by atoms with van der Waals surface area (Å²) in [7, 11) is 1.77. The molecule has 0 spiro atoms. The second-order valence-corrected chi connectivity index (χ2v) is 9.39. The van der Waals surface area contributed by atoms with Crippen molar-refractivity contribution in [2.24, 2.45) is 0 Å². The van der Waals surface area contributed by atoms with Gasteiger partial charge in [0, 0.05) is 23.2 Å². The summed E-state index contributed by atoms with van der Waals surface area (Å²) in [6.07, 6.45) is 0. The predicted octanol–water partition coefficient (Wildman–Crippen LogP) is 6.74. The van der Waals surface area contributed by atoms with E-state index in [0.717, 1.165) is 5.75 Å². The lowest BCUT2D eigenvalue weighted by molar-refractivity contribution is 0.402. The summed E-state index contributed by atoms with van der Waals surface area (Å²) in [6, 6.07) is 34.3. The molecule has 4 bridgehead atoms.